The van der Waals surface area contributed by atoms with Gasteiger partial charge in [-0.1, -0.05) is 43.9 Å². The summed E-state index contributed by atoms with van der Waals surface area (Å²) < 4.78 is 0. The third-order valence-corrected chi connectivity index (χ3v) is 5.06. The first-order chi connectivity index (χ1) is 10.2. The molecule has 0 spiro atoms. The van der Waals surface area contributed by atoms with Crippen molar-refractivity contribution in [1.82, 2.24) is 5.32 Å². The summed E-state index contributed by atoms with van der Waals surface area (Å²) in [6.07, 6.45) is 8.68. The maximum Gasteiger partial charge on any atom is 0.243 e. The van der Waals surface area contributed by atoms with Gasteiger partial charge in [0.1, 0.15) is 6.04 Å². The molecule has 0 aromatic heterocycles. The molecule has 1 aliphatic heterocycles. The maximum absolute atomic E-state index is 12.5. The average molecular weight is 286 g/mol. The van der Waals surface area contributed by atoms with Crippen molar-refractivity contribution in [2.24, 2.45) is 5.92 Å². The molecule has 1 unspecified atom stereocenters. The monoisotopic (exact) mass is 286 g/mol. The van der Waals surface area contributed by atoms with Gasteiger partial charge < -0.3 is 10.6 Å². The zero-order valence-electron chi connectivity index (χ0n) is 12.9. The molecule has 1 aromatic carbocycles. The van der Waals surface area contributed by atoms with Gasteiger partial charge in [-0.3, -0.25) is 4.79 Å². The van der Waals surface area contributed by atoms with Gasteiger partial charge in [-0.15, -0.1) is 0 Å². The highest BCUT2D eigenvalue weighted by Crippen LogP contribution is 2.27. The molecule has 1 fully saturated rings. The fourth-order valence-electron chi connectivity index (χ4n) is 3.71. The van der Waals surface area contributed by atoms with Crippen molar-refractivity contribution in [2.75, 3.05) is 5.32 Å². The Bertz CT molecular complexity index is 467. The summed E-state index contributed by atoms with van der Waals surface area (Å²) in [5.74, 6) is 0.808. The quantitative estimate of drug-likeness (QED) is 0.835. The van der Waals surface area contributed by atoms with Gasteiger partial charge in [0.2, 0.25) is 5.91 Å². The number of anilines is 1. The topological polar surface area (TPSA) is 41.1 Å². The molecular formula is C18H26N2O. The lowest BCUT2D eigenvalue weighted by atomic mass is 9.93. The highest BCUT2D eigenvalue weighted by Gasteiger charge is 2.28. The molecular weight excluding hydrogens is 260 g/mol. The summed E-state index contributed by atoms with van der Waals surface area (Å²) in [6.45, 7) is 2.18. The van der Waals surface area contributed by atoms with E-state index in [9.17, 15) is 4.79 Å². The summed E-state index contributed by atoms with van der Waals surface area (Å²) >= 11 is 0. The molecule has 2 aliphatic rings. The van der Waals surface area contributed by atoms with Crippen LogP contribution in [0, 0.1) is 5.92 Å². The van der Waals surface area contributed by atoms with Crippen LogP contribution in [0.2, 0.25) is 0 Å². The van der Waals surface area contributed by atoms with E-state index >= 15 is 0 Å². The van der Waals surface area contributed by atoms with Crippen molar-refractivity contribution in [1.29, 1.82) is 0 Å². The second-order valence-electron chi connectivity index (χ2n) is 6.61. The van der Waals surface area contributed by atoms with E-state index in [0.29, 0.717) is 12.0 Å². The Hall–Kier alpha value is -1.51. The summed E-state index contributed by atoms with van der Waals surface area (Å²) in [4.78, 5) is 12.5. The molecule has 0 saturated heterocycles. The Morgan fingerprint density at radius 3 is 2.62 bits per heavy atom. The summed E-state index contributed by atoms with van der Waals surface area (Å²) in [5.41, 5.74) is 2.36. The van der Waals surface area contributed by atoms with Crippen LogP contribution in [-0.4, -0.2) is 18.0 Å². The minimum absolute atomic E-state index is 0.101. The zero-order valence-corrected chi connectivity index (χ0v) is 12.9. The maximum atomic E-state index is 12.5. The smallest absolute Gasteiger partial charge is 0.243 e. The fraction of sp³-hybridized carbons (Fsp3) is 0.611. The molecule has 1 heterocycles. The Balaban J connectivity index is 1.55. The highest BCUT2D eigenvalue weighted by molar-refractivity contribution is 5.87. The second kappa shape index (κ2) is 6.50. The van der Waals surface area contributed by atoms with Crippen molar-refractivity contribution in [3.05, 3.63) is 29.8 Å². The largest absolute Gasteiger partial charge is 0.373 e. The van der Waals surface area contributed by atoms with Gasteiger partial charge in [-0.25, -0.2) is 0 Å². The van der Waals surface area contributed by atoms with Crippen LogP contribution in [0.3, 0.4) is 0 Å². The van der Waals surface area contributed by atoms with Crippen LogP contribution in [-0.2, 0) is 11.2 Å². The van der Waals surface area contributed by atoms with Gasteiger partial charge in [-0.2, -0.15) is 0 Å². The average Bonchev–Trinajstić information content (AvgIpc) is 2.73. The van der Waals surface area contributed by atoms with Gasteiger partial charge in [0.05, 0.1) is 0 Å². The van der Waals surface area contributed by atoms with E-state index in [4.69, 9.17) is 0 Å². The standard InChI is InChI=1S/C18H26N2O/c1-13(14-8-4-2-3-5-9-14)19-18(21)17-12-15-10-6-7-11-16(15)20-17/h6-7,10-11,13-14,17,20H,2-5,8-9,12H2,1H3,(H,19,21)/t13-,17?/m0/s1. The van der Waals surface area contributed by atoms with E-state index in [0.717, 1.165) is 12.1 Å². The van der Waals surface area contributed by atoms with E-state index in [1.54, 1.807) is 0 Å². The van der Waals surface area contributed by atoms with Crippen LogP contribution >= 0.6 is 0 Å². The van der Waals surface area contributed by atoms with Crippen LogP contribution in [0.5, 0.6) is 0 Å². The van der Waals surface area contributed by atoms with Gasteiger partial charge in [0.15, 0.2) is 0 Å². The van der Waals surface area contributed by atoms with Gasteiger partial charge >= 0.3 is 0 Å². The van der Waals surface area contributed by atoms with E-state index in [-0.39, 0.29) is 11.9 Å². The molecule has 3 heteroatoms. The number of benzene rings is 1. The van der Waals surface area contributed by atoms with Crippen molar-refractivity contribution < 1.29 is 4.79 Å². The molecule has 3 rings (SSSR count). The first kappa shape index (κ1) is 14.4. The van der Waals surface area contributed by atoms with Gasteiger partial charge in [0.25, 0.3) is 0 Å². The normalized spacial score (nSPS) is 23.8. The second-order valence-corrected chi connectivity index (χ2v) is 6.61. The lowest BCUT2D eigenvalue weighted by Crippen LogP contribution is -2.45. The highest BCUT2D eigenvalue weighted by atomic mass is 16.2. The SMILES string of the molecule is C[C@H](NC(=O)C1Cc2ccccc2N1)C1CCCCCC1. The predicted octanol–water partition coefficient (Wildman–Crippen LogP) is 3.50. The molecule has 3 nitrogen and oxygen atoms in total. The lowest BCUT2D eigenvalue weighted by Gasteiger charge is -2.25. The van der Waals surface area contributed by atoms with Crippen LogP contribution in [0.15, 0.2) is 24.3 Å². The molecule has 2 atom stereocenters. The Kier molecular flexibility index (Phi) is 4.47. The summed E-state index contributed by atoms with van der Waals surface area (Å²) in [7, 11) is 0. The molecule has 114 valence electrons. The zero-order chi connectivity index (χ0) is 14.7. The van der Waals surface area contributed by atoms with E-state index in [1.165, 1.54) is 44.1 Å². The van der Waals surface area contributed by atoms with Crippen LogP contribution in [0.25, 0.3) is 0 Å². The number of nitrogens with one attached hydrogen (secondary N) is 2. The molecule has 1 saturated carbocycles. The predicted molar refractivity (Wildman–Crippen MR) is 86.4 cm³/mol. The number of carbonyl (C=O) groups is 1. The molecule has 21 heavy (non-hydrogen) atoms. The molecule has 2 N–H and O–H groups in total. The number of para-hydroxylation sites is 1. The van der Waals surface area contributed by atoms with Crippen molar-refractivity contribution in [2.45, 2.75) is 64.0 Å². The molecule has 1 aliphatic carbocycles. The summed E-state index contributed by atoms with van der Waals surface area (Å²) in [5, 5.41) is 6.60. The van der Waals surface area contributed by atoms with E-state index < -0.39 is 0 Å². The first-order valence-electron chi connectivity index (χ1n) is 8.39. The first-order valence-corrected chi connectivity index (χ1v) is 8.39. The molecule has 1 aromatic rings. The molecule has 0 bridgehead atoms. The number of amides is 1. The number of hydrogen-bond donors (Lipinski definition) is 2. The number of rotatable bonds is 3. The molecule has 0 radical (unpaired) electrons. The number of fused-ring (bicyclic) bond motifs is 1. The van der Waals surface area contributed by atoms with Gasteiger partial charge in [-0.05, 0) is 37.3 Å². The van der Waals surface area contributed by atoms with Crippen LogP contribution in [0.4, 0.5) is 5.69 Å². The van der Waals surface area contributed by atoms with Crippen LogP contribution in [0.1, 0.15) is 51.0 Å². The van der Waals surface area contributed by atoms with Crippen LogP contribution < -0.4 is 10.6 Å². The Morgan fingerprint density at radius 2 is 1.90 bits per heavy atom. The summed E-state index contributed by atoms with van der Waals surface area (Å²) in [6, 6.07) is 8.40. The molecule has 1 amide bonds. The third kappa shape index (κ3) is 3.39. The Morgan fingerprint density at radius 1 is 1.19 bits per heavy atom. The van der Waals surface area contributed by atoms with Crippen molar-refractivity contribution in [3.63, 3.8) is 0 Å². The third-order valence-electron chi connectivity index (χ3n) is 5.06. The Labute approximate surface area is 127 Å². The van der Waals surface area contributed by atoms with E-state index in [1.807, 2.05) is 12.1 Å². The number of hydrogen-bond acceptors (Lipinski definition) is 2. The van der Waals surface area contributed by atoms with Crippen molar-refractivity contribution >= 4 is 11.6 Å². The fourth-order valence-corrected chi connectivity index (χ4v) is 3.71. The lowest BCUT2D eigenvalue weighted by molar-refractivity contribution is -0.122. The van der Waals surface area contributed by atoms with Gasteiger partial charge in [0, 0.05) is 18.2 Å². The minimum Gasteiger partial charge on any atom is -0.373 e. The minimum atomic E-state index is -0.101. The number of carbonyl (C=O) groups excluding carboxylic acids is 1. The van der Waals surface area contributed by atoms with E-state index in [2.05, 4.69) is 29.7 Å². The van der Waals surface area contributed by atoms with Crippen molar-refractivity contribution in [3.8, 4) is 0 Å².